The minimum absolute atomic E-state index is 0.141. The van der Waals surface area contributed by atoms with E-state index < -0.39 is 23.0 Å². The molecule has 1 heterocycles. The first kappa shape index (κ1) is 22.6. The van der Waals surface area contributed by atoms with Crippen LogP contribution in [0, 0.1) is 35.3 Å². The van der Waals surface area contributed by atoms with Crippen LogP contribution < -0.4 is 4.74 Å². The second-order valence-corrected chi connectivity index (χ2v) is 10.4. The van der Waals surface area contributed by atoms with E-state index in [2.05, 4.69) is 6.92 Å². The van der Waals surface area contributed by atoms with Gasteiger partial charge in [-0.3, -0.25) is 4.79 Å². The molecule has 0 spiro atoms. The number of carbonyl (C=O) groups is 2. The van der Waals surface area contributed by atoms with Crippen LogP contribution in [-0.2, 0) is 4.74 Å². The number of ketones is 1. The highest BCUT2D eigenvalue weighted by Gasteiger charge is 2.47. The number of nitrogens with zero attached hydrogens (tertiary/aromatic N) is 1. The second-order valence-electron chi connectivity index (χ2n) is 10.4. The Bertz CT molecular complexity index is 896. The summed E-state index contributed by atoms with van der Waals surface area (Å²) >= 11 is 0. The topological polar surface area (TPSA) is 55.8 Å². The molecule has 1 aromatic carbocycles. The van der Waals surface area contributed by atoms with E-state index in [1.54, 1.807) is 0 Å². The van der Waals surface area contributed by atoms with E-state index in [9.17, 15) is 18.4 Å². The summed E-state index contributed by atoms with van der Waals surface area (Å²) in [4.78, 5) is 26.3. The van der Waals surface area contributed by atoms with Crippen LogP contribution in [-0.4, -0.2) is 42.1 Å². The van der Waals surface area contributed by atoms with Crippen LogP contribution in [0.1, 0.15) is 75.1 Å². The first-order chi connectivity index (χ1) is 15.9. The van der Waals surface area contributed by atoms with E-state index in [0.29, 0.717) is 37.2 Å². The van der Waals surface area contributed by atoms with Crippen molar-refractivity contribution in [3.63, 3.8) is 0 Å². The fraction of sp³-hybridized carbons (Fsp3) is 0.692. The van der Waals surface area contributed by atoms with E-state index in [-0.39, 0.29) is 23.4 Å². The van der Waals surface area contributed by atoms with Crippen LogP contribution in [0.15, 0.2) is 12.1 Å². The molecule has 180 valence electrons. The number of carbonyl (C=O) groups excluding carboxylic acids is 2. The first-order valence-electron chi connectivity index (χ1n) is 12.5. The van der Waals surface area contributed by atoms with Crippen molar-refractivity contribution in [1.82, 2.24) is 4.90 Å². The number of piperidine rings is 1. The van der Waals surface area contributed by atoms with Crippen molar-refractivity contribution in [3.05, 3.63) is 29.3 Å². The molecule has 4 aliphatic rings. The molecule has 0 bridgehead atoms. The number of hydrogen-bond donors (Lipinski definition) is 0. The summed E-state index contributed by atoms with van der Waals surface area (Å²) in [5, 5.41) is 0. The molecule has 1 saturated heterocycles. The number of ether oxygens (including phenoxy) is 2. The zero-order chi connectivity index (χ0) is 23.2. The highest BCUT2D eigenvalue weighted by Crippen LogP contribution is 2.50. The first-order valence-corrected chi connectivity index (χ1v) is 12.5. The molecule has 33 heavy (non-hydrogen) atoms. The zero-order valence-corrected chi connectivity index (χ0v) is 19.3. The summed E-state index contributed by atoms with van der Waals surface area (Å²) in [6.07, 6.45) is 8.13. The Morgan fingerprint density at radius 2 is 1.76 bits per heavy atom. The average molecular weight is 462 g/mol. The van der Waals surface area contributed by atoms with Gasteiger partial charge in [-0.15, -0.1) is 0 Å². The molecule has 3 saturated carbocycles. The van der Waals surface area contributed by atoms with Gasteiger partial charge in [-0.05, 0) is 75.5 Å². The summed E-state index contributed by atoms with van der Waals surface area (Å²) in [7, 11) is 0. The van der Waals surface area contributed by atoms with Crippen LogP contribution in [0.3, 0.4) is 0 Å². The predicted octanol–water partition coefficient (Wildman–Crippen LogP) is 5.75. The standard InChI is InChI=1S/C26H33F2NO4/c1-2-26(8-9-26)33-25(31)29-10-5-16(6-11-29)20-13-18(20)7-12-32-19-14-21(27)23(22(28)15-19)24(30)17-3-4-17/h14-18,20H,2-13H2,1H3. The Hall–Kier alpha value is -2.18. The number of hydrogen-bond acceptors (Lipinski definition) is 4. The van der Waals surface area contributed by atoms with Gasteiger partial charge in [-0.2, -0.15) is 0 Å². The maximum Gasteiger partial charge on any atom is 0.410 e. The van der Waals surface area contributed by atoms with Crippen molar-refractivity contribution < 1.29 is 27.8 Å². The molecule has 0 N–H and O–H groups in total. The Morgan fingerprint density at radius 1 is 1.09 bits per heavy atom. The van der Waals surface area contributed by atoms with Crippen LogP contribution in [0.5, 0.6) is 5.75 Å². The monoisotopic (exact) mass is 461 g/mol. The lowest BCUT2D eigenvalue weighted by atomic mass is 9.91. The summed E-state index contributed by atoms with van der Waals surface area (Å²) in [6.45, 7) is 3.99. The van der Waals surface area contributed by atoms with E-state index in [1.165, 1.54) is 0 Å². The Kier molecular flexibility index (Phi) is 6.08. The van der Waals surface area contributed by atoms with Gasteiger partial charge in [0.1, 0.15) is 23.0 Å². The molecule has 0 aromatic heterocycles. The number of benzene rings is 1. The van der Waals surface area contributed by atoms with Gasteiger partial charge >= 0.3 is 6.09 Å². The Labute approximate surface area is 193 Å². The minimum atomic E-state index is -0.831. The van der Waals surface area contributed by atoms with Crippen molar-refractivity contribution in [1.29, 1.82) is 0 Å². The summed E-state index contributed by atoms with van der Waals surface area (Å²) in [5.41, 5.74) is -0.613. The van der Waals surface area contributed by atoms with E-state index >= 15 is 0 Å². The van der Waals surface area contributed by atoms with E-state index in [1.807, 2.05) is 4.90 Å². The van der Waals surface area contributed by atoms with Gasteiger partial charge in [0.2, 0.25) is 0 Å². The minimum Gasteiger partial charge on any atom is -0.493 e. The van der Waals surface area contributed by atoms with Crippen molar-refractivity contribution in [2.24, 2.45) is 23.7 Å². The highest BCUT2D eigenvalue weighted by molar-refractivity contribution is 5.99. The Morgan fingerprint density at radius 3 is 2.33 bits per heavy atom. The van der Waals surface area contributed by atoms with Gasteiger partial charge in [0.15, 0.2) is 5.78 Å². The van der Waals surface area contributed by atoms with Crippen molar-refractivity contribution in [3.8, 4) is 5.75 Å². The summed E-state index contributed by atoms with van der Waals surface area (Å²) in [6, 6.07) is 2.25. The van der Waals surface area contributed by atoms with Gasteiger partial charge in [-0.1, -0.05) is 6.92 Å². The fourth-order valence-electron chi connectivity index (χ4n) is 5.35. The molecule has 7 heteroatoms. The molecule has 5 rings (SSSR count). The lowest BCUT2D eigenvalue weighted by molar-refractivity contribution is 0.0381. The van der Waals surface area contributed by atoms with E-state index in [0.717, 1.165) is 70.2 Å². The van der Waals surface area contributed by atoms with Crippen LogP contribution in [0.2, 0.25) is 0 Å². The zero-order valence-electron chi connectivity index (χ0n) is 19.3. The normalized spacial score (nSPS) is 26.1. The third kappa shape index (κ3) is 5.02. The maximum atomic E-state index is 14.3. The lowest BCUT2D eigenvalue weighted by Gasteiger charge is -2.32. The smallest absolute Gasteiger partial charge is 0.410 e. The molecule has 5 nitrogen and oxygen atoms in total. The van der Waals surface area contributed by atoms with Crippen LogP contribution in [0.4, 0.5) is 13.6 Å². The van der Waals surface area contributed by atoms with Crippen molar-refractivity contribution in [2.75, 3.05) is 19.7 Å². The summed E-state index contributed by atoms with van der Waals surface area (Å²) < 4.78 is 39.9. The number of amides is 1. The number of rotatable bonds is 9. The third-order valence-electron chi connectivity index (χ3n) is 8.10. The van der Waals surface area contributed by atoms with Gasteiger partial charge in [0.05, 0.1) is 12.2 Å². The van der Waals surface area contributed by atoms with Gasteiger partial charge in [-0.25, -0.2) is 13.6 Å². The van der Waals surface area contributed by atoms with Gasteiger partial charge in [0, 0.05) is 31.1 Å². The van der Waals surface area contributed by atoms with Gasteiger partial charge < -0.3 is 14.4 Å². The predicted molar refractivity (Wildman–Crippen MR) is 118 cm³/mol. The largest absolute Gasteiger partial charge is 0.493 e. The van der Waals surface area contributed by atoms with Crippen LogP contribution >= 0.6 is 0 Å². The maximum absolute atomic E-state index is 14.3. The average Bonchev–Trinajstić information content (AvgIpc) is 3.67. The van der Waals surface area contributed by atoms with Crippen molar-refractivity contribution in [2.45, 2.75) is 70.3 Å². The molecule has 3 aliphatic carbocycles. The van der Waals surface area contributed by atoms with Crippen molar-refractivity contribution >= 4 is 11.9 Å². The SMILES string of the molecule is CCC1(OC(=O)N2CCC(C3CC3CCOc3cc(F)c(C(=O)C4CC4)c(F)c3)CC2)CC1. The summed E-state index contributed by atoms with van der Waals surface area (Å²) in [5.74, 6) is -0.362. The quantitative estimate of drug-likeness (QED) is 0.439. The number of Topliss-reactive ketones (excluding diaryl/α,β-unsaturated/α-hetero) is 1. The number of likely N-dealkylation sites (tertiary alicyclic amines) is 1. The Balaban J connectivity index is 1.03. The molecular formula is C26H33F2NO4. The third-order valence-corrected chi connectivity index (χ3v) is 8.10. The lowest BCUT2D eigenvalue weighted by Crippen LogP contribution is -2.41. The van der Waals surface area contributed by atoms with Crippen LogP contribution in [0.25, 0.3) is 0 Å². The second kappa shape index (κ2) is 8.88. The van der Waals surface area contributed by atoms with E-state index in [4.69, 9.17) is 9.47 Å². The molecule has 1 amide bonds. The molecule has 1 aliphatic heterocycles. The molecular weight excluding hydrogens is 428 g/mol. The molecule has 2 unspecified atom stereocenters. The fourth-order valence-corrected chi connectivity index (χ4v) is 5.35. The molecule has 4 fully saturated rings. The molecule has 0 radical (unpaired) electrons. The highest BCUT2D eigenvalue weighted by atomic mass is 19.1. The number of halogens is 2. The molecule has 1 aromatic rings. The molecule has 2 atom stereocenters. The van der Waals surface area contributed by atoms with Gasteiger partial charge in [0.25, 0.3) is 0 Å².